The van der Waals surface area contributed by atoms with E-state index >= 15 is 0 Å². The van der Waals surface area contributed by atoms with Gasteiger partial charge in [0.25, 0.3) is 11.7 Å². The van der Waals surface area contributed by atoms with Gasteiger partial charge < -0.3 is 4.90 Å². The molecule has 0 saturated heterocycles. The summed E-state index contributed by atoms with van der Waals surface area (Å²) < 4.78 is 13.9. The van der Waals surface area contributed by atoms with Crippen molar-refractivity contribution >= 4 is 44.9 Å². The van der Waals surface area contributed by atoms with Crippen molar-refractivity contribution in [2.24, 2.45) is 0 Å². The molecule has 0 aliphatic carbocycles. The molecule has 0 atom stereocenters. The SMILES string of the molecule is O=C1C(=O)N(Cc2ccc(F)c(Cl)c2)c2ccc(Br)cc21. The molecular weight excluding hydrogens is 361 g/mol. The van der Waals surface area contributed by atoms with Crippen LogP contribution >= 0.6 is 27.5 Å². The van der Waals surface area contributed by atoms with Crippen LogP contribution in [0.15, 0.2) is 40.9 Å². The molecule has 3 nitrogen and oxygen atoms in total. The highest BCUT2D eigenvalue weighted by atomic mass is 79.9. The van der Waals surface area contributed by atoms with Gasteiger partial charge in [0.1, 0.15) is 5.82 Å². The fraction of sp³-hybridized carbons (Fsp3) is 0.0667. The van der Waals surface area contributed by atoms with E-state index in [1.807, 2.05) is 0 Å². The average Bonchev–Trinajstić information content (AvgIpc) is 2.68. The number of carbonyl (C=O) groups is 2. The summed E-state index contributed by atoms with van der Waals surface area (Å²) in [6.07, 6.45) is 0. The molecule has 1 aliphatic heterocycles. The predicted octanol–water partition coefficient (Wildman–Crippen LogP) is 3.97. The van der Waals surface area contributed by atoms with Crippen LogP contribution in [0.25, 0.3) is 0 Å². The molecule has 21 heavy (non-hydrogen) atoms. The van der Waals surface area contributed by atoms with Crippen LogP contribution in [-0.4, -0.2) is 11.7 Å². The molecule has 1 heterocycles. The number of benzene rings is 2. The van der Waals surface area contributed by atoms with Crippen LogP contribution in [0.1, 0.15) is 15.9 Å². The number of anilines is 1. The molecule has 0 saturated carbocycles. The molecule has 0 aromatic heterocycles. The van der Waals surface area contributed by atoms with Crippen LogP contribution in [0.5, 0.6) is 0 Å². The average molecular weight is 369 g/mol. The Labute approximate surface area is 133 Å². The zero-order valence-corrected chi connectivity index (χ0v) is 12.9. The van der Waals surface area contributed by atoms with Crippen LogP contribution < -0.4 is 4.90 Å². The van der Waals surface area contributed by atoms with E-state index in [2.05, 4.69) is 15.9 Å². The minimum atomic E-state index is -0.594. The Morgan fingerprint density at radius 3 is 2.62 bits per heavy atom. The first-order valence-electron chi connectivity index (χ1n) is 6.07. The van der Waals surface area contributed by atoms with Gasteiger partial charge in [0.15, 0.2) is 0 Å². The van der Waals surface area contributed by atoms with Crippen molar-refractivity contribution in [1.82, 2.24) is 0 Å². The summed E-state index contributed by atoms with van der Waals surface area (Å²) in [5.74, 6) is -1.66. The Balaban J connectivity index is 1.98. The highest BCUT2D eigenvalue weighted by Crippen LogP contribution is 2.32. The van der Waals surface area contributed by atoms with E-state index in [-0.39, 0.29) is 11.6 Å². The Hall–Kier alpha value is -1.72. The maximum Gasteiger partial charge on any atom is 0.299 e. The summed E-state index contributed by atoms with van der Waals surface area (Å²) in [5.41, 5.74) is 1.56. The number of halogens is 3. The third-order valence-corrected chi connectivity index (χ3v) is 4.04. The third kappa shape index (κ3) is 2.47. The van der Waals surface area contributed by atoms with E-state index < -0.39 is 17.5 Å². The number of fused-ring (bicyclic) bond motifs is 1. The lowest BCUT2D eigenvalue weighted by atomic mass is 10.1. The van der Waals surface area contributed by atoms with E-state index in [0.717, 1.165) is 4.47 Å². The monoisotopic (exact) mass is 367 g/mol. The van der Waals surface area contributed by atoms with Gasteiger partial charge in [-0.05, 0) is 35.9 Å². The summed E-state index contributed by atoms with van der Waals surface area (Å²) in [6, 6.07) is 9.31. The summed E-state index contributed by atoms with van der Waals surface area (Å²) in [5, 5.41) is -0.0125. The van der Waals surface area contributed by atoms with Crippen LogP contribution in [0.4, 0.5) is 10.1 Å². The minimum Gasteiger partial charge on any atom is -0.300 e. The number of hydrogen-bond donors (Lipinski definition) is 0. The summed E-state index contributed by atoms with van der Waals surface area (Å²) >= 11 is 9.01. The van der Waals surface area contributed by atoms with E-state index in [1.165, 1.54) is 23.1 Å². The number of amides is 1. The Bertz CT molecular complexity index is 778. The normalized spacial score (nSPS) is 13.8. The number of carbonyl (C=O) groups excluding carboxylic acids is 2. The number of rotatable bonds is 2. The zero-order chi connectivity index (χ0) is 15.1. The van der Waals surface area contributed by atoms with Gasteiger partial charge in [-0.3, -0.25) is 9.59 Å². The molecule has 2 aromatic rings. The van der Waals surface area contributed by atoms with Crippen molar-refractivity contribution in [1.29, 1.82) is 0 Å². The van der Waals surface area contributed by atoms with Crippen molar-refractivity contribution in [3.63, 3.8) is 0 Å². The summed E-state index contributed by atoms with van der Waals surface area (Å²) in [7, 11) is 0. The van der Waals surface area contributed by atoms with Gasteiger partial charge in [0.05, 0.1) is 22.8 Å². The van der Waals surface area contributed by atoms with E-state index in [4.69, 9.17) is 11.6 Å². The maximum atomic E-state index is 13.2. The Morgan fingerprint density at radius 2 is 1.90 bits per heavy atom. The molecule has 0 spiro atoms. The molecule has 0 unspecified atom stereocenters. The maximum absolute atomic E-state index is 13.2. The van der Waals surface area contributed by atoms with Crippen LogP contribution in [0.3, 0.4) is 0 Å². The van der Waals surface area contributed by atoms with Crippen LogP contribution in [0, 0.1) is 5.82 Å². The highest BCUT2D eigenvalue weighted by molar-refractivity contribution is 9.10. The Morgan fingerprint density at radius 1 is 1.14 bits per heavy atom. The van der Waals surface area contributed by atoms with E-state index in [1.54, 1.807) is 18.2 Å². The summed E-state index contributed by atoms with van der Waals surface area (Å²) in [6.45, 7) is 0.166. The van der Waals surface area contributed by atoms with E-state index in [0.29, 0.717) is 16.8 Å². The zero-order valence-electron chi connectivity index (χ0n) is 10.6. The van der Waals surface area contributed by atoms with Gasteiger partial charge in [-0.1, -0.05) is 33.6 Å². The standard InChI is InChI=1S/C15H8BrClFNO2/c16-9-2-4-13-10(6-9)14(20)15(21)19(13)7-8-1-3-12(18)11(17)5-8/h1-6H,7H2. The highest BCUT2D eigenvalue weighted by Gasteiger charge is 2.35. The Kier molecular flexibility index (Phi) is 3.55. The lowest BCUT2D eigenvalue weighted by molar-refractivity contribution is -0.114. The lowest BCUT2D eigenvalue weighted by Crippen LogP contribution is -2.29. The molecule has 3 rings (SSSR count). The van der Waals surface area contributed by atoms with Crippen molar-refractivity contribution in [2.75, 3.05) is 4.90 Å². The lowest BCUT2D eigenvalue weighted by Gasteiger charge is -2.16. The fourth-order valence-corrected chi connectivity index (χ4v) is 2.81. The molecule has 1 amide bonds. The van der Waals surface area contributed by atoms with Crippen molar-refractivity contribution < 1.29 is 14.0 Å². The molecule has 1 aliphatic rings. The predicted molar refractivity (Wildman–Crippen MR) is 81.1 cm³/mol. The first-order chi connectivity index (χ1) is 9.97. The molecule has 0 fully saturated rings. The molecule has 106 valence electrons. The molecular formula is C15H8BrClFNO2. The van der Waals surface area contributed by atoms with Gasteiger partial charge in [0.2, 0.25) is 0 Å². The topological polar surface area (TPSA) is 37.4 Å². The quantitative estimate of drug-likeness (QED) is 0.752. The molecule has 6 heteroatoms. The van der Waals surface area contributed by atoms with E-state index in [9.17, 15) is 14.0 Å². The number of Topliss-reactive ketones (excluding diaryl/α,β-unsaturated/α-hetero) is 1. The second kappa shape index (κ2) is 5.24. The van der Waals surface area contributed by atoms with Crippen molar-refractivity contribution in [3.05, 3.63) is 62.8 Å². The first kappa shape index (κ1) is 14.2. The van der Waals surface area contributed by atoms with Crippen LogP contribution in [-0.2, 0) is 11.3 Å². The van der Waals surface area contributed by atoms with Gasteiger partial charge in [-0.2, -0.15) is 0 Å². The van der Waals surface area contributed by atoms with Crippen molar-refractivity contribution in [2.45, 2.75) is 6.54 Å². The van der Waals surface area contributed by atoms with Crippen molar-refractivity contribution in [3.8, 4) is 0 Å². The van der Waals surface area contributed by atoms with Gasteiger partial charge in [0, 0.05) is 4.47 Å². The molecule has 0 N–H and O–H groups in total. The molecule has 0 bridgehead atoms. The number of ketones is 1. The fourth-order valence-electron chi connectivity index (χ4n) is 2.25. The second-order valence-electron chi connectivity index (χ2n) is 4.63. The minimum absolute atomic E-state index is 0.0125. The number of nitrogens with zero attached hydrogens (tertiary/aromatic N) is 1. The second-order valence-corrected chi connectivity index (χ2v) is 5.95. The number of hydrogen-bond acceptors (Lipinski definition) is 2. The third-order valence-electron chi connectivity index (χ3n) is 3.26. The van der Waals surface area contributed by atoms with Gasteiger partial charge in [-0.15, -0.1) is 0 Å². The largest absolute Gasteiger partial charge is 0.300 e. The smallest absolute Gasteiger partial charge is 0.299 e. The molecule has 2 aromatic carbocycles. The van der Waals surface area contributed by atoms with Gasteiger partial charge in [-0.25, -0.2) is 4.39 Å². The van der Waals surface area contributed by atoms with Gasteiger partial charge >= 0.3 is 0 Å². The first-order valence-corrected chi connectivity index (χ1v) is 7.24. The molecule has 0 radical (unpaired) electrons. The van der Waals surface area contributed by atoms with Crippen LogP contribution in [0.2, 0.25) is 5.02 Å². The summed E-state index contributed by atoms with van der Waals surface area (Å²) in [4.78, 5) is 25.4.